The number of carbonyl (C=O) groups excluding carboxylic acids is 1. The van der Waals surface area contributed by atoms with Gasteiger partial charge in [0, 0.05) is 19.6 Å². The smallest absolute Gasteiger partial charge is 0.238 e. The van der Waals surface area contributed by atoms with Gasteiger partial charge in [0.25, 0.3) is 0 Å². The molecule has 0 aromatic heterocycles. The van der Waals surface area contributed by atoms with Crippen LogP contribution in [0.4, 0.5) is 5.69 Å². The highest BCUT2D eigenvalue weighted by Gasteiger charge is 2.16. The molecule has 1 heterocycles. The lowest BCUT2D eigenvalue weighted by molar-refractivity contribution is -0.117. The molecule has 27 heavy (non-hydrogen) atoms. The van der Waals surface area contributed by atoms with E-state index in [2.05, 4.69) is 27.2 Å². The van der Waals surface area contributed by atoms with E-state index in [4.69, 9.17) is 11.6 Å². The lowest BCUT2D eigenvalue weighted by Gasteiger charge is -2.25. The van der Waals surface area contributed by atoms with E-state index < -0.39 is 0 Å². The van der Waals surface area contributed by atoms with Crippen LogP contribution in [0.2, 0.25) is 5.02 Å². The van der Waals surface area contributed by atoms with Gasteiger partial charge in [-0.15, -0.1) is 12.4 Å². The first kappa shape index (κ1) is 21.7. The van der Waals surface area contributed by atoms with Gasteiger partial charge >= 0.3 is 0 Å². The minimum Gasteiger partial charge on any atom is -0.324 e. The van der Waals surface area contributed by atoms with Crippen molar-refractivity contribution >= 4 is 35.6 Å². The quantitative estimate of drug-likeness (QED) is 0.708. The maximum absolute atomic E-state index is 12.5. The van der Waals surface area contributed by atoms with Gasteiger partial charge in [0.1, 0.15) is 0 Å². The number of anilines is 1. The average molecular weight is 408 g/mol. The van der Waals surface area contributed by atoms with E-state index >= 15 is 0 Å². The van der Waals surface area contributed by atoms with Crippen molar-refractivity contribution in [3.63, 3.8) is 0 Å². The third-order valence-electron chi connectivity index (χ3n) is 4.70. The molecular formula is C21H27Cl2N3O. The van der Waals surface area contributed by atoms with E-state index in [1.165, 1.54) is 31.5 Å². The molecule has 0 aliphatic carbocycles. The number of likely N-dealkylation sites (tertiary alicyclic amines) is 1. The third-order valence-corrected chi connectivity index (χ3v) is 5.02. The Balaban J connectivity index is 0.00000261. The molecule has 1 aliphatic heterocycles. The molecule has 6 heteroatoms. The van der Waals surface area contributed by atoms with Crippen molar-refractivity contribution in [2.24, 2.45) is 0 Å². The Labute approximate surface area is 172 Å². The predicted molar refractivity (Wildman–Crippen MR) is 115 cm³/mol. The van der Waals surface area contributed by atoms with Crippen molar-refractivity contribution in [3.8, 4) is 0 Å². The van der Waals surface area contributed by atoms with E-state index in [-0.39, 0.29) is 18.3 Å². The van der Waals surface area contributed by atoms with Gasteiger partial charge in [-0.25, -0.2) is 0 Å². The molecule has 1 aliphatic rings. The summed E-state index contributed by atoms with van der Waals surface area (Å²) in [6, 6.07) is 17.6. The van der Waals surface area contributed by atoms with E-state index in [1.54, 1.807) is 6.07 Å². The highest BCUT2D eigenvalue weighted by atomic mass is 35.5. The molecule has 0 bridgehead atoms. The van der Waals surface area contributed by atoms with Crippen molar-refractivity contribution in [1.29, 1.82) is 0 Å². The van der Waals surface area contributed by atoms with Crippen molar-refractivity contribution < 1.29 is 4.79 Å². The van der Waals surface area contributed by atoms with E-state index in [1.807, 2.05) is 36.4 Å². The molecule has 1 N–H and O–H groups in total. The van der Waals surface area contributed by atoms with Gasteiger partial charge in [0.15, 0.2) is 0 Å². The Bertz CT molecular complexity index is 706. The lowest BCUT2D eigenvalue weighted by Crippen LogP contribution is -2.38. The van der Waals surface area contributed by atoms with Gasteiger partial charge in [0.2, 0.25) is 5.91 Å². The number of carbonyl (C=O) groups is 1. The number of halogens is 2. The molecule has 1 saturated heterocycles. The van der Waals surface area contributed by atoms with Gasteiger partial charge in [-0.05, 0) is 43.6 Å². The summed E-state index contributed by atoms with van der Waals surface area (Å²) >= 11 is 6.15. The topological polar surface area (TPSA) is 35.6 Å². The van der Waals surface area contributed by atoms with Crippen LogP contribution in [-0.4, -0.2) is 48.4 Å². The van der Waals surface area contributed by atoms with Gasteiger partial charge in [0.05, 0.1) is 17.3 Å². The van der Waals surface area contributed by atoms with E-state index in [9.17, 15) is 4.79 Å². The average Bonchev–Trinajstić information content (AvgIpc) is 3.16. The summed E-state index contributed by atoms with van der Waals surface area (Å²) in [4.78, 5) is 17.2. The first-order chi connectivity index (χ1) is 12.7. The second-order valence-electron chi connectivity index (χ2n) is 6.77. The number of amides is 1. The molecule has 0 spiro atoms. The molecule has 1 fully saturated rings. The summed E-state index contributed by atoms with van der Waals surface area (Å²) in [6.07, 6.45) is 2.57. The summed E-state index contributed by atoms with van der Waals surface area (Å²) in [5.41, 5.74) is 1.89. The molecule has 0 atom stereocenters. The maximum Gasteiger partial charge on any atom is 0.238 e. The minimum atomic E-state index is -0.0320. The molecule has 3 rings (SSSR count). The summed E-state index contributed by atoms with van der Waals surface area (Å²) in [6.45, 7) is 5.35. The van der Waals surface area contributed by atoms with E-state index in [0.29, 0.717) is 17.3 Å². The molecule has 2 aromatic rings. The monoisotopic (exact) mass is 407 g/mol. The van der Waals surface area contributed by atoms with E-state index in [0.717, 1.165) is 19.6 Å². The summed E-state index contributed by atoms with van der Waals surface area (Å²) in [5, 5.41) is 3.49. The Morgan fingerprint density at radius 2 is 1.70 bits per heavy atom. The van der Waals surface area contributed by atoms with Crippen molar-refractivity contribution in [1.82, 2.24) is 9.80 Å². The molecule has 0 radical (unpaired) electrons. The number of hydrogen-bond donors (Lipinski definition) is 1. The minimum absolute atomic E-state index is 0. The zero-order valence-electron chi connectivity index (χ0n) is 15.4. The van der Waals surface area contributed by atoms with Crippen molar-refractivity contribution in [3.05, 3.63) is 65.2 Å². The van der Waals surface area contributed by atoms with Gasteiger partial charge in [-0.2, -0.15) is 0 Å². The number of para-hydroxylation sites is 1. The fraction of sp³-hybridized carbons (Fsp3) is 0.381. The predicted octanol–water partition coefficient (Wildman–Crippen LogP) is 4.30. The van der Waals surface area contributed by atoms with Crippen LogP contribution in [0, 0.1) is 0 Å². The molecule has 4 nitrogen and oxygen atoms in total. The first-order valence-corrected chi connectivity index (χ1v) is 9.61. The van der Waals surface area contributed by atoms with Crippen LogP contribution in [0.3, 0.4) is 0 Å². The zero-order chi connectivity index (χ0) is 18.2. The molecule has 2 aromatic carbocycles. The highest BCUT2D eigenvalue weighted by Crippen LogP contribution is 2.20. The van der Waals surface area contributed by atoms with Gasteiger partial charge in [-0.1, -0.05) is 54.1 Å². The Morgan fingerprint density at radius 1 is 1.04 bits per heavy atom. The Morgan fingerprint density at radius 3 is 2.41 bits per heavy atom. The van der Waals surface area contributed by atoms with Crippen LogP contribution >= 0.6 is 24.0 Å². The zero-order valence-corrected chi connectivity index (χ0v) is 17.0. The largest absolute Gasteiger partial charge is 0.324 e. The second kappa shape index (κ2) is 11.3. The lowest BCUT2D eigenvalue weighted by atomic mass is 10.2. The molecule has 0 unspecified atom stereocenters. The van der Waals surface area contributed by atoms with Crippen LogP contribution in [0.5, 0.6) is 0 Å². The highest BCUT2D eigenvalue weighted by molar-refractivity contribution is 6.33. The number of benzene rings is 2. The Kier molecular flexibility index (Phi) is 9.08. The number of hydrogen-bond acceptors (Lipinski definition) is 3. The third kappa shape index (κ3) is 7.15. The summed E-state index contributed by atoms with van der Waals surface area (Å²) in [7, 11) is 0. The van der Waals surface area contributed by atoms with Crippen LogP contribution in [-0.2, 0) is 11.3 Å². The van der Waals surface area contributed by atoms with Crippen LogP contribution in [0.15, 0.2) is 54.6 Å². The molecule has 0 saturated carbocycles. The van der Waals surface area contributed by atoms with Gasteiger partial charge in [-0.3, -0.25) is 9.69 Å². The fourth-order valence-corrected chi connectivity index (χ4v) is 3.48. The SMILES string of the molecule is Cl.O=C(CN(CCN1CCCC1)Cc1ccccc1)Nc1ccccc1Cl. The van der Waals surface area contributed by atoms with Gasteiger partial charge < -0.3 is 10.2 Å². The second-order valence-corrected chi connectivity index (χ2v) is 7.18. The number of rotatable bonds is 8. The standard InChI is InChI=1S/C21H26ClN3O.ClH/c22-19-10-4-5-11-20(19)23-21(26)17-25(15-14-24-12-6-7-13-24)16-18-8-2-1-3-9-18;/h1-5,8-11H,6-7,12-17H2,(H,23,26);1H. The Hall–Kier alpha value is -1.59. The number of nitrogens with one attached hydrogen (secondary N) is 1. The summed E-state index contributed by atoms with van der Waals surface area (Å²) in [5.74, 6) is -0.0320. The van der Waals surface area contributed by atoms with Crippen LogP contribution in [0.1, 0.15) is 18.4 Å². The van der Waals surface area contributed by atoms with Crippen molar-refractivity contribution in [2.45, 2.75) is 19.4 Å². The normalized spacial score (nSPS) is 14.1. The summed E-state index contributed by atoms with van der Waals surface area (Å²) < 4.78 is 0. The molecular weight excluding hydrogens is 381 g/mol. The molecule has 146 valence electrons. The molecule has 1 amide bonds. The van der Waals surface area contributed by atoms with Crippen LogP contribution in [0.25, 0.3) is 0 Å². The van der Waals surface area contributed by atoms with Crippen molar-refractivity contribution in [2.75, 3.05) is 38.0 Å². The van der Waals surface area contributed by atoms with Crippen LogP contribution < -0.4 is 5.32 Å². The number of nitrogens with zero attached hydrogens (tertiary/aromatic N) is 2. The first-order valence-electron chi connectivity index (χ1n) is 9.24. The fourth-order valence-electron chi connectivity index (χ4n) is 3.30. The maximum atomic E-state index is 12.5.